The Morgan fingerprint density at radius 1 is 1.21 bits per heavy atom. The van der Waals surface area contributed by atoms with Crippen LogP contribution in [-0.2, 0) is 19.5 Å². The number of sulfonamides is 1. The first kappa shape index (κ1) is 24.7. The van der Waals surface area contributed by atoms with Crippen LogP contribution in [0.5, 0.6) is 0 Å². The average molecular weight is 502 g/mol. The van der Waals surface area contributed by atoms with Crippen molar-refractivity contribution in [3.8, 4) is 0 Å². The average Bonchev–Trinajstić information content (AvgIpc) is 3.57. The Balaban J connectivity index is 1.49. The number of morpholine rings is 1. The molecular weight excluding hydrogens is 470 g/mol. The smallest absolute Gasteiger partial charge is 0.410 e. The van der Waals surface area contributed by atoms with Gasteiger partial charge in [0.2, 0.25) is 10.0 Å². The normalized spacial score (nSPS) is 28.5. The van der Waals surface area contributed by atoms with Crippen molar-refractivity contribution in [2.75, 3.05) is 46.0 Å². The van der Waals surface area contributed by atoms with Crippen molar-refractivity contribution < 1.29 is 27.8 Å². The Morgan fingerprint density at radius 2 is 1.85 bits per heavy atom. The summed E-state index contributed by atoms with van der Waals surface area (Å²) in [5.41, 5.74) is -0.883. The number of aliphatic hydroxyl groups is 1. The summed E-state index contributed by atoms with van der Waals surface area (Å²) in [5, 5.41) is 9.76. The summed E-state index contributed by atoms with van der Waals surface area (Å²) in [6, 6.07) is 5.67. The van der Waals surface area contributed by atoms with Crippen molar-refractivity contribution >= 4 is 27.7 Å². The molecule has 2 aliphatic heterocycles. The first-order valence-corrected chi connectivity index (χ1v) is 13.2. The lowest BCUT2D eigenvalue weighted by molar-refractivity contribution is -0.0561. The summed E-state index contributed by atoms with van der Waals surface area (Å²) in [5.74, 6) is 0. The Morgan fingerprint density at radius 3 is 2.42 bits per heavy atom. The van der Waals surface area contributed by atoms with Crippen LogP contribution in [-0.4, -0.2) is 103 Å². The lowest BCUT2D eigenvalue weighted by Crippen LogP contribution is -2.60. The van der Waals surface area contributed by atoms with E-state index >= 15 is 0 Å². The number of hydrogen-bond acceptors (Lipinski definition) is 7. The highest BCUT2D eigenvalue weighted by Gasteiger charge is 2.59. The second-order valence-corrected chi connectivity index (χ2v) is 11.5. The Kier molecular flexibility index (Phi) is 7.24. The summed E-state index contributed by atoms with van der Waals surface area (Å²) in [6.45, 7) is 6.32. The van der Waals surface area contributed by atoms with E-state index in [1.807, 2.05) is 13.8 Å². The number of benzene rings is 1. The number of ether oxygens (including phenoxy) is 2. The van der Waals surface area contributed by atoms with Crippen LogP contribution in [0.4, 0.5) is 4.79 Å². The molecule has 33 heavy (non-hydrogen) atoms. The molecule has 3 aliphatic rings. The zero-order chi connectivity index (χ0) is 23.8. The fraction of sp³-hybridized carbons (Fsp3) is 0.682. The summed E-state index contributed by atoms with van der Waals surface area (Å²) >= 11 is 5.93. The van der Waals surface area contributed by atoms with Gasteiger partial charge in [-0.1, -0.05) is 11.6 Å². The van der Waals surface area contributed by atoms with Gasteiger partial charge in [-0.05, 0) is 51.0 Å². The molecular formula is C22H32ClN3O6S. The van der Waals surface area contributed by atoms with E-state index < -0.39 is 27.8 Å². The largest absolute Gasteiger partial charge is 0.441 e. The van der Waals surface area contributed by atoms with Gasteiger partial charge in [-0.15, -0.1) is 0 Å². The summed E-state index contributed by atoms with van der Waals surface area (Å²) in [4.78, 5) is 17.1. The quantitative estimate of drug-likeness (QED) is 0.634. The molecule has 0 radical (unpaired) electrons. The summed E-state index contributed by atoms with van der Waals surface area (Å²) in [7, 11) is -3.80. The van der Waals surface area contributed by atoms with E-state index in [0.717, 1.165) is 0 Å². The summed E-state index contributed by atoms with van der Waals surface area (Å²) < 4.78 is 39.9. The van der Waals surface area contributed by atoms with E-state index in [2.05, 4.69) is 4.90 Å². The molecule has 1 saturated carbocycles. The number of nitrogens with zero attached hydrogens (tertiary/aromatic N) is 3. The highest BCUT2D eigenvalue weighted by Crippen LogP contribution is 2.47. The molecule has 4 rings (SSSR count). The lowest BCUT2D eigenvalue weighted by Gasteiger charge is -2.45. The molecule has 3 fully saturated rings. The highest BCUT2D eigenvalue weighted by molar-refractivity contribution is 7.89. The molecule has 1 aromatic rings. The SMILES string of the molecule is C[C@@H]1CN(C(=O)OC2([C@H]3COCCN3S(=O)(=O)c3ccc(Cl)cc3)CC2)C[C@H](C)N1CCO. The minimum Gasteiger partial charge on any atom is -0.441 e. The van der Waals surface area contributed by atoms with Gasteiger partial charge in [0.25, 0.3) is 0 Å². The Labute approximate surface area is 200 Å². The second-order valence-electron chi connectivity index (χ2n) is 9.16. The number of rotatable bonds is 6. The van der Waals surface area contributed by atoms with Gasteiger partial charge >= 0.3 is 6.09 Å². The van der Waals surface area contributed by atoms with Crippen molar-refractivity contribution in [1.82, 2.24) is 14.1 Å². The fourth-order valence-electron chi connectivity index (χ4n) is 4.96. The van der Waals surface area contributed by atoms with E-state index in [0.29, 0.717) is 37.5 Å². The molecule has 1 aromatic carbocycles. The van der Waals surface area contributed by atoms with Gasteiger partial charge < -0.3 is 19.5 Å². The third-order valence-corrected chi connectivity index (χ3v) is 9.03. The predicted molar refractivity (Wildman–Crippen MR) is 123 cm³/mol. The molecule has 11 heteroatoms. The zero-order valence-electron chi connectivity index (χ0n) is 19.0. The van der Waals surface area contributed by atoms with Crippen molar-refractivity contribution in [2.45, 2.75) is 55.3 Å². The number of β-amino-alcohol motifs (C(OH)–C–C–N with tert-alkyl or cyclic N) is 1. The molecule has 0 bridgehead atoms. The third kappa shape index (κ3) is 5.01. The van der Waals surface area contributed by atoms with Crippen LogP contribution in [0.25, 0.3) is 0 Å². The van der Waals surface area contributed by atoms with Crippen LogP contribution in [0.1, 0.15) is 26.7 Å². The molecule has 0 unspecified atom stereocenters. The van der Waals surface area contributed by atoms with Gasteiger partial charge in [0, 0.05) is 43.3 Å². The number of carbonyl (C=O) groups is 1. The molecule has 1 aliphatic carbocycles. The van der Waals surface area contributed by atoms with Crippen LogP contribution < -0.4 is 0 Å². The van der Waals surface area contributed by atoms with Crippen molar-refractivity contribution in [2.24, 2.45) is 0 Å². The minimum absolute atomic E-state index is 0.0713. The number of carbonyl (C=O) groups excluding carboxylic acids is 1. The number of hydrogen-bond donors (Lipinski definition) is 1. The number of halogens is 1. The molecule has 184 valence electrons. The van der Waals surface area contributed by atoms with Crippen molar-refractivity contribution in [3.05, 3.63) is 29.3 Å². The minimum atomic E-state index is -3.80. The van der Waals surface area contributed by atoms with Crippen LogP contribution in [0.2, 0.25) is 5.02 Å². The topological polar surface area (TPSA) is 99.6 Å². The Hall–Kier alpha value is -1.43. The molecule has 1 amide bonds. The molecule has 9 nitrogen and oxygen atoms in total. The zero-order valence-corrected chi connectivity index (χ0v) is 20.6. The summed E-state index contributed by atoms with van der Waals surface area (Å²) in [6.07, 6.45) is 0.758. The number of piperazine rings is 1. The molecule has 3 atom stereocenters. The maximum atomic E-state index is 13.4. The maximum Gasteiger partial charge on any atom is 0.410 e. The van der Waals surface area contributed by atoms with Crippen LogP contribution in [0, 0.1) is 0 Å². The second kappa shape index (κ2) is 9.67. The van der Waals surface area contributed by atoms with Gasteiger partial charge in [-0.2, -0.15) is 4.31 Å². The first-order valence-electron chi connectivity index (χ1n) is 11.4. The lowest BCUT2D eigenvalue weighted by atomic mass is 10.1. The van der Waals surface area contributed by atoms with E-state index in [4.69, 9.17) is 21.1 Å². The molecule has 1 N–H and O–H groups in total. The Bertz CT molecular complexity index is 943. The molecule has 0 aromatic heterocycles. The van der Waals surface area contributed by atoms with Gasteiger partial charge in [-0.3, -0.25) is 4.90 Å². The van der Waals surface area contributed by atoms with Gasteiger partial charge in [0.05, 0.1) is 30.8 Å². The van der Waals surface area contributed by atoms with Gasteiger partial charge in [0.1, 0.15) is 5.60 Å². The monoisotopic (exact) mass is 501 g/mol. The highest BCUT2D eigenvalue weighted by atomic mass is 35.5. The maximum absolute atomic E-state index is 13.4. The predicted octanol–water partition coefficient (Wildman–Crippen LogP) is 1.79. The van der Waals surface area contributed by atoms with Crippen LogP contribution in [0.15, 0.2) is 29.2 Å². The molecule has 0 spiro atoms. The van der Waals surface area contributed by atoms with Crippen LogP contribution >= 0.6 is 11.6 Å². The number of aliphatic hydroxyl groups excluding tert-OH is 1. The van der Waals surface area contributed by atoms with Crippen molar-refractivity contribution in [3.63, 3.8) is 0 Å². The van der Waals surface area contributed by atoms with Crippen LogP contribution in [0.3, 0.4) is 0 Å². The fourth-order valence-corrected chi connectivity index (χ4v) is 6.74. The molecule has 2 heterocycles. The van der Waals surface area contributed by atoms with E-state index in [1.165, 1.54) is 16.4 Å². The van der Waals surface area contributed by atoms with Gasteiger partial charge in [-0.25, -0.2) is 13.2 Å². The first-order chi connectivity index (χ1) is 15.7. The van der Waals surface area contributed by atoms with E-state index in [-0.39, 0.29) is 43.3 Å². The third-order valence-electron chi connectivity index (χ3n) is 6.86. The number of amides is 1. The van der Waals surface area contributed by atoms with E-state index in [9.17, 15) is 18.3 Å². The van der Waals surface area contributed by atoms with Crippen molar-refractivity contribution in [1.29, 1.82) is 0 Å². The van der Waals surface area contributed by atoms with Gasteiger partial charge in [0.15, 0.2) is 0 Å². The standard InChI is InChI=1S/C22H32ClN3O6S/c1-16-13-24(14-17(2)25(16)9-11-27)21(28)32-22(7-8-22)20-15-31-12-10-26(20)33(29,30)19-5-3-18(23)4-6-19/h3-6,16-17,20,27H,7-15H2,1-2H3/t16-,17+,20-/m1/s1. The molecule has 2 saturated heterocycles. The van der Waals surface area contributed by atoms with E-state index in [1.54, 1.807) is 17.0 Å².